The summed E-state index contributed by atoms with van der Waals surface area (Å²) in [6, 6.07) is 8.69. The van der Waals surface area contributed by atoms with Crippen molar-refractivity contribution >= 4 is 17.3 Å². The van der Waals surface area contributed by atoms with Crippen molar-refractivity contribution in [1.29, 1.82) is 0 Å². The summed E-state index contributed by atoms with van der Waals surface area (Å²) in [5, 5.41) is 3.26. The normalized spacial score (nSPS) is 16.1. The summed E-state index contributed by atoms with van der Waals surface area (Å²) in [4.78, 5) is 0. The van der Waals surface area contributed by atoms with Crippen LogP contribution >= 0.6 is 11.6 Å². The molecule has 0 amide bonds. The molecule has 74 valence electrons. The molecule has 1 nitrogen and oxygen atoms in total. The van der Waals surface area contributed by atoms with Crippen LogP contribution in [0.5, 0.6) is 0 Å². The summed E-state index contributed by atoms with van der Waals surface area (Å²) in [5.74, 6) is 0.840. The maximum atomic E-state index is 5.42. The summed E-state index contributed by atoms with van der Waals surface area (Å²) >= 11 is 5.42. The predicted octanol–water partition coefficient (Wildman–Crippen LogP) is 3.73. The topological polar surface area (TPSA) is 12.0 Å². The van der Waals surface area contributed by atoms with E-state index in [1.54, 1.807) is 0 Å². The van der Waals surface area contributed by atoms with E-state index in [1.807, 2.05) is 6.08 Å². The molecule has 0 spiro atoms. The largest absolute Gasteiger partial charge is 0.382 e. The molecule has 0 radical (unpaired) electrons. The number of anilines is 1. The zero-order valence-electron chi connectivity index (χ0n) is 8.04. The average molecular weight is 208 g/mol. The lowest BCUT2D eigenvalue weighted by Gasteiger charge is -2.04. The van der Waals surface area contributed by atoms with Gasteiger partial charge >= 0.3 is 0 Å². The average Bonchev–Trinajstić information content (AvgIpc) is 3.03. The molecule has 0 atom stereocenters. The molecule has 1 aliphatic carbocycles. The monoisotopic (exact) mass is 207 g/mol. The van der Waals surface area contributed by atoms with Crippen molar-refractivity contribution in [3.63, 3.8) is 0 Å². The summed E-state index contributed by atoms with van der Waals surface area (Å²) in [6.45, 7) is 0.784. The lowest BCUT2D eigenvalue weighted by molar-refractivity contribution is 1.13. The minimum Gasteiger partial charge on any atom is -0.382 e. The van der Waals surface area contributed by atoms with Crippen LogP contribution in [0.25, 0.3) is 0 Å². The Bertz CT molecular complexity index is 312. The number of hydrogen-bond acceptors (Lipinski definition) is 1. The van der Waals surface area contributed by atoms with Crippen LogP contribution in [0.15, 0.2) is 35.9 Å². The van der Waals surface area contributed by atoms with Crippen molar-refractivity contribution in [2.45, 2.75) is 18.8 Å². The van der Waals surface area contributed by atoms with Crippen LogP contribution in [0.3, 0.4) is 0 Å². The van der Waals surface area contributed by atoms with Gasteiger partial charge in [0.1, 0.15) is 0 Å². The van der Waals surface area contributed by atoms with Gasteiger partial charge in [-0.3, -0.25) is 0 Å². The first-order chi connectivity index (χ1) is 6.90. The highest BCUT2D eigenvalue weighted by Crippen LogP contribution is 2.40. The van der Waals surface area contributed by atoms with Crippen molar-refractivity contribution < 1.29 is 0 Å². The third-order valence-corrected chi connectivity index (χ3v) is 2.65. The van der Waals surface area contributed by atoms with Gasteiger partial charge in [0.05, 0.1) is 0 Å². The maximum Gasteiger partial charge on any atom is 0.0342 e. The van der Waals surface area contributed by atoms with Crippen molar-refractivity contribution in [1.82, 2.24) is 0 Å². The van der Waals surface area contributed by atoms with Gasteiger partial charge in [0, 0.05) is 17.8 Å². The predicted molar refractivity (Wildman–Crippen MR) is 61.9 cm³/mol. The first-order valence-corrected chi connectivity index (χ1v) is 5.43. The number of hydrogen-bond donors (Lipinski definition) is 1. The van der Waals surface area contributed by atoms with Crippen molar-refractivity contribution in [3.8, 4) is 0 Å². The lowest BCUT2D eigenvalue weighted by Crippen LogP contribution is -1.97. The molecule has 1 aromatic rings. The van der Waals surface area contributed by atoms with Gasteiger partial charge in [-0.25, -0.2) is 0 Å². The maximum absolute atomic E-state index is 5.42. The fraction of sp³-hybridized carbons (Fsp3) is 0.333. The van der Waals surface area contributed by atoms with E-state index in [2.05, 4.69) is 29.6 Å². The Balaban J connectivity index is 1.92. The third-order valence-electron chi connectivity index (χ3n) is 2.47. The smallest absolute Gasteiger partial charge is 0.0342 e. The zero-order chi connectivity index (χ0) is 9.80. The van der Waals surface area contributed by atoms with Crippen molar-refractivity contribution in [2.24, 2.45) is 0 Å². The molecule has 1 N–H and O–H groups in total. The summed E-state index contributed by atoms with van der Waals surface area (Å²) in [5.41, 5.74) is 4.17. The SMILES string of the molecule is Cl/C=C/CNc1ccc(C2CC2)cc1. The van der Waals surface area contributed by atoms with Crippen molar-refractivity contribution in [2.75, 3.05) is 11.9 Å². The Morgan fingerprint density at radius 2 is 2.00 bits per heavy atom. The molecule has 2 heteroatoms. The van der Waals surface area contributed by atoms with Crippen LogP contribution in [0.1, 0.15) is 24.3 Å². The van der Waals surface area contributed by atoms with E-state index in [1.165, 1.54) is 23.9 Å². The van der Waals surface area contributed by atoms with E-state index in [4.69, 9.17) is 11.6 Å². The molecule has 1 saturated carbocycles. The fourth-order valence-corrected chi connectivity index (χ4v) is 1.60. The standard InChI is InChI=1S/C12H14ClN/c13-8-1-9-14-12-6-4-11(5-7-12)10-2-3-10/h1,4-8,10,14H,2-3,9H2/b8-1+. The fourth-order valence-electron chi connectivity index (χ4n) is 1.51. The van der Waals surface area contributed by atoms with Gasteiger partial charge in [0.15, 0.2) is 0 Å². The Morgan fingerprint density at radius 1 is 1.29 bits per heavy atom. The van der Waals surface area contributed by atoms with Crippen LogP contribution in [-0.4, -0.2) is 6.54 Å². The summed E-state index contributed by atoms with van der Waals surface area (Å²) in [7, 11) is 0. The molecule has 0 unspecified atom stereocenters. The number of rotatable bonds is 4. The highest BCUT2D eigenvalue weighted by Gasteiger charge is 2.22. The highest BCUT2D eigenvalue weighted by molar-refractivity contribution is 6.25. The Labute approximate surface area is 89.8 Å². The number of nitrogens with one attached hydrogen (secondary N) is 1. The van der Waals surface area contributed by atoms with Gasteiger partial charge in [-0.15, -0.1) is 0 Å². The molecule has 0 bridgehead atoms. The molecule has 2 rings (SSSR count). The molecular weight excluding hydrogens is 194 g/mol. The highest BCUT2D eigenvalue weighted by atomic mass is 35.5. The molecule has 1 fully saturated rings. The molecule has 0 heterocycles. The molecule has 0 aliphatic heterocycles. The van der Waals surface area contributed by atoms with Gasteiger partial charge in [-0.1, -0.05) is 29.8 Å². The minimum atomic E-state index is 0.784. The van der Waals surface area contributed by atoms with Gasteiger partial charge in [-0.2, -0.15) is 0 Å². The second-order valence-corrected chi connectivity index (χ2v) is 3.89. The van der Waals surface area contributed by atoms with Crippen LogP contribution in [0.2, 0.25) is 0 Å². The zero-order valence-corrected chi connectivity index (χ0v) is 8.80. The van der Waals surface area contributed by atoms with Gasteiger partial charge < -0.3 is 5.32 Å². The molecular formula is C12H14ClN. The van der Waals surface area contributed by atoms with Gasteiger partial charge in [0.25, 0.3) is 0 Å². The quantitative estimate of drug-likeness (QED) is 0.794. The first-order valence-electron chi connectivity index (χ1n) is 4.99. The van der Waals surface area contributed by atoms with E-state index in [9.17, 15) is 0 Å². The first kappa shape index (κ1) is 9.60. The summed E-state index contributed by atoms with van der Waals surface area (Å²) < 4.78 is 0. The van der Waals surface area contributed by atoms with Crippen LogP contribution in [0.4, 0.5) is 5.69 Å². The molecule has 1 aromatic carbocycles. The van der Waals surface area contributed by atoms with E-state index in [-0.39, 0.29) is 0 Å². The van der Waals surface area contributed by atoms with Crippen LogP contribution < -0.4 is 5.32 Å². The number of benzene rings is 1. The van der Waals surface area contributed by atoms with E-state index in [0.29, 0.717) is 0 Å². The Kier molecular flexibility index (Phi) is 3.10. The second-order valence-electron chi connectivity index (χ2n) is 3.64. The lowest BCUT2D eigenvalue weighted by atomic mass is 10.1. The molecule has 0 saturated heterocycles. The van der Waals surface area contributed by atoms with E-state index >= 15 is 0 Å². The molecule has 0 aromatic heterocycles. The van der Waals surface area contributed by atoms with Gasteiger partial charge in [-0.05, 0) is 36.5 Å². The molecule has 14 heavy (non-hydrogen) atoms. The Morgan fingerprint density at radius 3 is 2.57 bits per heavy atom. The van der Waals surface area contributed by atoms with Crippen LogP contribution in [0, 0.1) is 0 Å². The second kappa shape index (κ2) is 4.52. The third kappa shape index (κ3) is 2.52. The van der Waals surface area contributed by atoms with E-state index in [0.717, 1.165) is 18.2 Å². The van der Waals surface area contributed by atoms with Crippen molar-refractivity contribution in [3.05, 3.63) is 41.4 Å². The van der Waals surface area contributed by atoms with E-state index < -0.39 is 0 Å². The summed E-state index contributed by atoms with van der Waals surface area (Å²) in [6.07, 6.45) is 4.61. The van der Waals surface area contributed by atoms with Crippen LogP contribution in [-0.2, 0) is 0 Å². The Hall–Kier alpha value is -0.950. The molecule has 1 aliphatic rings. The number of halogens is 1. The van der Waals surface area contributed by atoms with Gasteiger partial charge in [0.2, 0.25) is 0 Å². The minimum absolute atomic E-state index is 0.784.